The predicted molar refractivity (Wildman–Crippen MR) is 84.3 cm³/mol. The molecule has 3 aliphatic rings. The molecule has 0 radical (unpaired) electrons. The van der Waals surface area contributed by atoms with Gasteiger partial charge in [0.2, 0.25) is 0 Å². The van der Waals surface area contributed by atoms with Crippen LogP contribution in [0.3, 0.4) is 0 Å². The number of hydrogen-bond donors (Lipinski definition) is 1. The summed E-state index contributed by atoms with van der Waals surface area (Å²) in [5.41, 5.74) is 0. The van der Waals surface area contributed by atoms with Gasteiger partial charge in [-0.25, -0.2) is 0 Å². The van der Waals surface area contributed by atoms with Crippen molar-refractivity contribution >= 4 is 0 Å². The quantitative estimate of drug-likeness (QED) is 0.919. The second kappa shape index (κ2) is 5.77. The minimum Gasteiger partial charge on any atom is -0.464 e. The van der Waals surface area contributed by atoms with Crippen LogP contribution in [0.5, 0.6) is 0 Å². The van der Waals surface area contributed by atoms with Gasteiger partial charge in [-0.3, -0.25) is 4.90 Å². The molecule has 0 aromatic carbocycles. The molecule has 116 valence electrons. The normalized spacial score (nSPS) is 37.0. The summed E-state index contributed by atoms with van der Waals surface area (Å²) in [6.45, 7) is 5.77. The lowest BCUT2D eigenvalue weighted by Gasteiger charge is -2.38. The second-order valence-corrected chi connectivity index (χ2v) is 7.36. The molecule has 4 atom stereocenters. The highest BCUT2D eigenvalue weighted by molar-refractivity contribution is 5.17. The van der Waals surface area contributed by atoms with E-state index >= 15 is 0 Å². The first kappa shape index (κ1) is 13.8. The summed E-state index contributed by atoms with van der Waals surface area (Å²) in [6.07, 6.45) is 8.10. The van der Waals surface area contributed by atoms with E-state index in [9.17, 15) is 0 Å². The molecule has 1 aliphatic carbocycles. The maximum atomic E-state index is 6.13. The first-order chi connectivity index (χ1) is 10.3. The zero-order valence-corrected chi connectivity index (χ0v) is 13.2. The number of rotatable bonds is 4. The molecule has 3 heterocycles. The Balaban J connectivity index is 1.42. The van der Waals surface area contributed by atoms with Crippen LogP contribution in [0.15, 0.2) is 16.5 Å². The molecule has 2 saturated heterocycles. The minimum absolute atomic E-state index is 0.701. The molecule has 4 unspecified atom stereocenters. The fourth-order valence-corrected chi connectivity index (χ4v) is 4.31. The van der Waals surface area contributed by atoms with Crippen molar-refractivity contribution in [1.82, 2.24) is 10.2 Å². The van der Waals surface area contributed by atoms with Gasteiger partial charge in [0.25, 0.3) is 0 Å². The maximum absolute atomic E-state index is 6.13. The molecule has 1 aromatic rings. The lowest BCUT2D eigenvalue weighted by atomic mass is 9.94. The number of hydrogen-bond acceptors (Lipinski definition) is 3. The van der Waals surface area contributed by atoms with Crippen LogP contribution >= 0.6 is 0 Å². The van der Waals surface area contributed by atoms with Gasteiger partial charge in [0.15, 0.2) is 0 Å². The van der Waals surface area contributed by atoms with Gasteiger partial charge < -0.3 is 9.73 Å². The maximum Gasteiger partial charge on any atom is 0.118 e. The van der Waals surface area contributed by atoms with Crippen LogP contribution in [-0.4, -0.2) is 30.1 Å². The van der Waals surface area contributed by atoms with Crippen LogP contribution < -0.4 is 5.32 Å². The van der Waals surface area contributed by atoms with Gasteiger partial charge in [0.05, 0.1) is 6.54 Å². The van der Waals surface area contributed by atoms with E-state index in [4.69, 9.17) is 4.42 Å². The van der Waals surface area contributed by atoms with E-state index < -0.39 is 0 Å². The molecular formula is C18H28N2O. The molecule has 3 heteroatoms. The molecular weight excluding hydrogens is 260 g/mol. The first-order valence-electron chi connectivity index (χ1n) is 8.87. The summed E-state index contributed by atoms with van der Waals surface area (Å²) in [6, 6.07) is 5.86. The molecule has 1 N–H and O–H groups in total. The van der Waals surface area contributed by atoms with Crippen LogP contribution in [0.1, 0.15) is 62.9 Å². The molecule has 4 rings (SSSR count). The van der Waals surface area contributed by atoms with E-state index in [1.807, 2.05) is 0 Å². The van der Waals surface area contributed by atoms with Crippen molar-refractivity contribution in [2.24, 2.45) is 5.92 Å². The van der Waals surface area contributed by atoms with Gasteiger partial charge in [-0.1, -0.05) is 13.3 Å². The van der Waals surface area contributed by atoms with Crippen molar-refractivity contribution in [2.45, 2.75) is 70.0 Å². The van der Waals surface area contributed by atoms with Gasteiger partial charge in [-0.15, -0.1) is 0 Å². The Morgan fingerprint density at radius 3 is 2.90 bits per heavy atom. The molecule has 0 spiro atoms. The van der Waals surface area contributed by atoms with E-state index in [1.54, 1.807) is 0 Å². The number of furan rings is 1. The Bertz CT molecular complexity index is 477. The van der Waals surface area contributed by atoms with Gasteiger partial charge in [0.1, 0.15) is 11.5 Å². The molecule has 3 nitrogen and oxygen atoms in total. The Morgan fingerprint density at radius 2 is 2.14 bits per heavy atom. The summed E-state index contributed by atoms with van der Waals surface area (Å²) < 4.78 is 6.13. The number of likely N-dealkylation sites (tertiary alicyclic amines) is 1. The van der Waals surface area contributed by atoms with Crippen LogP contribution in [0, 0.1) is 5.92 Å². The van der Waals surface area contributed by atoms with Crippen LogP contribution in [0.2, 0.25) is 0 Å². The summed E-state index contributed by atoms with van der Waals surface area (Å²) in [7, 11) is 0. The van der Waals surface area contributed by atoms with Crippen LogP contribution in [0.25, 0.3) is 0 Å². The average Bonchev–Trinajstić information content (AvgIpc) is 2.95. The highest BCUT2D eigenvalue weighted by Gasteiger charge is 2.37. The smallest absolute Gasteiger partial charge is 0.118 e. The van der Waals surface area contributed by atoms with E-state index in [0.717, 1.165) is 18.5 Å². The zero-order valence-electron chi connectivity index (χ0n) is 13.2. The van der Waals surface area contributed by atoms with E-state index in [0.29, 0.717) is 12.0 Å². The number of piperidine rings is 1. The van der Waals surface area contributed by atoms with E-state index in [-0.39, 0.29) is 0 Å². The largest absolute Gasteiger partial charge is 0.464 e. The van der Waals surface area contributed by atoms with Gasteiger partial charge in [-0.05, 0) is 63.2 Å². The Labute approximate surface area is 128 Å². The van der Waals surface area contributed by atoms with Gasteiger partial charge in [0, 0.05) is 18.0 Å². The zero-order chi connectivity index (χ0) is 14.2. The molecule has 3 fully saturated rings. The van der Waals surface area contributed by atoms with Gasteiger partial charge in [-0.2, -0.15) is 0 Å². The van der Waals surface area contributed by atoms with Crippen molar-refractivity contribution in [1.29, 1.82) is 0 Å². The van der Waals surface area contributed by atoms with Crippen molar-refractivity contribution in [3.05, 3.63) is 23.7 Å². The topological polar surface area (TPSA) is 28.4 Å². The standard InChI is InChI=1S/C18H28N2O/c1-13-11-15(13)18-8-7-14(21-18)12-20-10-3-2-6-17(20)16-5-4-9-19-16/h7-8,13,15-17,19H,2-6,9-12H2,1H3. The third-order valence-corrected chi connectivity index (χ3v) is 5.74. The molecule has 1 aromatic heterocycles. The summed E-state index contributed by atoms with van der Waals surface area (Å²) in [5.74, 6) is 3.93. The molecule has 21 heavy (non-hydrogen) atoms. The average molecular weight is 288 g/mol. The van der Waals surface area contributed by atoms with Crippen molar-refractivity contribution in [3.63, 3.8) is 0 Å². The number of nitrogens with one attached hydrogen (secondary N) is 1. The van der Waals surface area contributed by atoms with Gasteiger partial charge >= 0.3 is 0 Å². The Hall–Kier alpha value is -0.800. The fourth-order valence-electron chi connectivity index (χ4n) is 4.31. The first-order valence-corrected chi connectivity index (χ1v) is 8.87. The minimum atomic E-state index is 0.701. The molecule has 0 bridgehead atoms. The number of nitrogens with zero attached hydrogens (tertiary/aromatic N) is 1. The van der Waals surface area contributed by atoms with Crippen molar-refractivity contribution < 1.29 is 4.42 Å². The lowest BCUT2D eigenvalue weighted by molar-refractivity contribution is 0.104. The summed E-state index contributed by atoms with van der Waals surface area (Å²) in [4.78, 5) is 2.67. The highest BCUT2D eigenvalue weighted by Crippen LogP contribution is 2.47. The SMILES string of the molecule is CC1CC1c1ccc(CN2CCCCC2C2CCCN2)o1. The highest BCUT2D eigenvalue weighted by atomic mass is 16.3. The predicted octanol–water partition coefficient (Wildman–Crippen LogP) is 3.51. The third-order valence-electron chi connectivity index (χ3n) is 5.74. The fraction of sp³-hybridized carbons (Fsp3) is 0.778. The van der Waals surface area contributed by atoms with E-state index in [1.165, 1.54) is 63.1 Å². The molecule has 1 saturated carbocycles. The molecule has 2 aliphatic heterocycles. The van der Waals surface area contributed by atoms with E-state index in [2.05, 4.69) is 29.3 Å². The van der Waals surface area contributed by atoms with Crippen molar-refractivity contribution in [2.75, 3.05) is 13.1 Å². The van der Waals surface area contributed by atoms with Crippen LogP contribution in [-0.2, 0) is 6.54 Å². The summed E-state index contributed by atoms with van der Waals surface area (Å²) in [5, 5.41) is 3.71. The monoisotopic (exact) mass is 288 g/mol. The van der Waals surface area contributed by atoms with Crippen molar-refractivity contribution in [3.8, 4) is 0 Å². The Kier molecular flexibility index (Phi) is 3.80. The molecule has 0 amide bonds. The third kappa shape index (κ3) is 2.91. The lowest BCUT2D eigenvalue weighted by Crippen LogP contribution is -2.49. The summed E-state index contributed by atoms with van der Waals surface area (Å²) >= 11 is 0. The Morgan fingerprint density at radius 1 is 1.24 bits per heavy atom. The van der Waals surface area contributed by atoms with Crippen LogP contribution in [0.4, 0.5) is 0 Å². The second-order valence-electron chi connectivity index (χ2n) is 7.36.